The molecule has 0 spiro atoms. The van der Waals surface area contributed by atoms with Crippen LogP contribution in [0.15, 0.2) is 47.0 Å². The number of aryl methyl sites for hydroxylation is 2. The molecule has 132 valence electrons. The highest BCUT2D eigenvalue weighted by Crippen LogP contribution is 2.25. The molecule has 0 aliphatic carbocycles. The van der Waals surface area contributed by atoms with Gasteiger partial charge in [0, 0.05) is 18.3 Å². The van der Waals surface area contributed by atoms with Crippen molar-refractivity contribution in [1.29, 1.82) is 0 Å². The Balaban J connectivity index is 1.78. The molecule has 0 unspecified atom stereocenters. The molecule has 2 amide bonds. The minimum Gasteiger partial charge on any atom is -0.361 e. The molecule has 0 aliphatic rings. The minimum atomic E-state index is -0.328. The molecule has 26 heavy (non-hydrogen) atoms. The lowest BCUT2D eigenvalue weighted by Gasteiger charge is -2.08. The summed E-state index contributed by atoms with van der Waals surface area (Å²) in [4.78, 5) is 27.9. The summed E-state index contributed by atoms with van der Waals surface area (Å²) in [5.41, 5.74) is 3.70. The van der Waals surface area contributed by atoms with Crippen molar-refractivity contribution in [2.75, 3.05) is 10.6 Å². The third-order valence-electron chi connectivity index (χ3n) is 3.73. The number of hydrogen-bond donors (Lipinski definition) is 2. The number of pyridine rings is 1. The van der Waals surface area contributed by atoms with E-state index in [1.54, 1.807) is 43.3 Å². The summed E-state index contributed by atoms with van der Waals surface area (Å²) >= 11 is 0. The summed E-state index contributed by atoms with van der Waals surface area (Å²) in [6.07, 6.45) is 0. The van der Waals surface area contributed by atoms with Crippen molar-refractivity contribution >= 4 is 23.2 Å². The van der Waals surface area contributed by atoms with E-state index in [4.69, 9.17) is 4.52 Å². The number of anilines is 2. The van der Waals surface area contributed by atoms with Gasteiger partial charge in [0.2, 0.25) is 5.91 Å². The molecule has 0 aliphatic heterocycles. The molecule has 0 radical (unpaired) electrons. The lowest BCUT2D eigenvalue weighted by Crippen LogP contribution is -2.14. The lowest BCUT2D eigenvalue weighted by molar-refractivity contribution is -0.114. The van der Waals surface area contributed by atoms with E-state index in [9.17, 15) is 9.59 Å². The van der Waals surface area contributed by atoms with E-state index >= 15 is 0 Å². The van der Waals surface area contributed by atoms with E-state index < -0.39 is 0 Å². The summed E-state index contributed by atoms with van der Waals surface area (Å²) in [6, 6.07) is 12.1. The van der Waals surface area contributed by atoms with Crippen LogP contribution >= 0.6 is 0 Å². The van der Waals surface area contributed by atoms with E-state index in [1.807, 2.05) is 13.0 Å². The Labute approximate surface area is 150 Å². The Morgan fingerprint density at radius 3 is 2.19 bits per heavy atom. The van der Waals surface area contributed by atoms with Crippen molar-refractivity contribution in [2.45, 2.75) is 20.8 Å². The smallest absolute Gasteiger partial charge is 0.274 e. The van der Waals surface area contributed by atoms with Crippen LogP contribution < -0.4 is 10.6 Å². The molecular weight excluding hydrogens is 332 g/mol. The van der Waals surface area contributed by atoms with Gasteiger partial charge in [-0.2, -0.15) is 0 Å². The van der Waals surface area contributed by atoms with Crippen LogP contribution in [0.4, 0.5) is 11.4 Å². The Hall–Kier alpha value is -3.48. The van der Waals surface area contributed by atoms with Crippen LogP contribution in [0, 0.1) is 13.8 Å². The zero-order chi connectivity index (χ0) is 18.7. The molecule has 7 heteroatoms. The number of aromatic nitrogens is 2. The fraction of sp³-hybridized carbons (Fsp3) is 0.158. The highest BCUT2D eigenvalue weighted by molar-refractivity contribution is 6.03. The van der Waals surface area contributed by atoms with Gasteiger partial charge in [-0.3, -0.25) is 9.59 Å². The Morgan fingerprint density at radius 1 is 0.962 bits per heavy atom. The van der Waals surface area contributed by atoms with Crippen LogP contribution in [0.25, 0.3) is 11.3 Å². The van der Waals surface area contributed by atoms with E-state index in [1.165, 1.54) is 6.92 Å². The monoisotopic (exact) mass is 350 g/mol. The van der Waals surface area contributed by atoms with E-state index in [2.05, 4.69) is 20.8 Å². The molecule has 0 fully saturated rings. The van der Waals surface area contributed by atoms with Crippen LogP contribution in [0.3, 0.4) is 0 Å². The van der Waals surface area contributed by atoms with Gasteiger partial charge >= 0.3 is 0 Å². The third kappa shape index (κ3) is 3.77. The number of carbonyl (C=O) groups is 2. The van der Waals surface area contributed by atoms with Gasteiger partial charge in [0.25, 0.3) is 5.91 Å². The number of rotatable bonds is 4. The third-order valence-corrected chi connectivity index (χ3v) is 3.73. The molecule has 0 bridgehead atoms. The Morgan fingerprint density at radius 2 is 1.62 bits per heavy atom. The highest BCUT2D eigenvalue weighted by atomic mass is 16.5. The van der Waals surface area contributed by atoms with Gasteiger partial charge in [-0.1, -0.05) is 11.2 Å². The lowest BCUT2D eigenvalue weighted by atomic mass is 10.1. The molecule has 2 heterocycles. The molecule has 0 saturated heterocycles. The van der Waals surface area contributed by atoms with E-state index in [0.29, 0.717) is 22.8 Å². The fourth-order valence-electron chi connectivity index (χ4n) is 2.58. The Kier molecular flexibility index (Phi) is 4.79. The first kappa shape index (κ1) is 17.3. The molecular formula is C19H18N4O3. The number of nitrogens with zero attached hydrogens (tertiary/aromatic N) is 2. The van der Waals surface area contributed by atoms with Gasteiger partial charge in [-0.05, 0) is 50.2 Å². The van der Waals surface area contributed by atoms with Crippen molar-refractivity contribution in [1.82, 2.24) is 10.1 Å². The van der Waals surface area contributed by atoms with Crippen LogP contribution in [0.1, 0.15) is 28.9 Å². The molecule has 3 rings (SSSR count). The second-order valence-electron chi connectivity index (χ2n) is 5.82. The van der Waals surface area contributed by atoms with Crippen LogP contribution in [-0.2, 0) is 4.79 Å². The second-order valence-corrected chi connectivity index (χ2v) is 5.82. The summed E-state index contributed by atoms with van der Waals surface area (Å²) in [7, 11) is 0. The maximum absolute atomic E-state index is 12.5. The zero-order valence-electron chi connectivity index (χ0n) is 14.7. The summed E-state index contributed by atoms with van der Waals surface area (Å²) in [6.45, 7) is 5.07. The van der Waals surface area contributed by atoms with Crippen LogP contribution in [0.2, 0.25) is 0 Å². The second kappa shape index (κ2) is 7.18. The van der Waals surface area contributed by atoms with Crippen molar-refractivity contribution in [3.63, 3.8) is 0 Å². The molecule has 1 aromatic carbocycles. The predicted molar refractivity (Wildman–Crippen MR) is 97.9 cm³/mol. The maximum Gasteiger partial charge on any atom is 0.274 e. The first-order chi connectivity index (χ1) is 12.4. The zero-order valence-corrected chi connectivity index (χ0v) is 14.7. The predicted octanol–water partition coefficient (Wildman–Crippen LogP) is 3.56. The van der Waals surface area contributed by atoms with Gasteiger partial charge in [-0.15, -0.1) is 0 Å². The molecule has 0 atom stereocenters. The average Bonchev–Trinajstić information content (AvgIpc) is 2.95. The number of nitrogens with one attached hydrogen (secondary N) is 2. The van der Waals surface area contributed by atoms with E-state index in [0.717, 1.165) is 11.3 Å². The van der Waals surface area contributed by atoms with Gasteiger partial charge in [0.15, 0.2) is 0 Å². The first-order valence-electron chi connectivity index (χ1n) is 8.03. The number of benzene rings is 1. The summed E-state index contributed by atoms with van der Waals surface area (Å²) in [5.74, 6) is 0.175. The van der Waals surface area contributed by atoms with Gasteiger partial charge in [-0.25, -0.2) is 4.98 Å². The van der Waals surface area contributed by atoms with Crippen molar-refractivity contribution in [3.05, 3.63) is 59.6 Å². The van der Waals surface area contributed by atoms with Crippen molar-refractivity contribution < 1.29 is 14.1 Å². The Bertz CT molecular complexity index is 942. The highest BCUT2D eigenvalue weighted by Gasteiger charge is 2.15. The quantitative estimate of drug-likeness (QED) is 0.750. The number of amides is 2. The standard InChI is InChI=1S/C19H18N4O3/c1-11-18(12(2)26-23-11)16-5-4-6-17(22-16)19(25)21-15-9-7-14(8-10-15)20-13(3)24/h4-10H,1-3H3,(H,20,24)(H,21,25). The van der Waals surface area contributed by atoms with Gasteiger partial charge in [0.05, 0.1) is 17.0 Å². The van der Waals surface area contributed by atoms with E-state index in [-0.39, 0.29) is 17.5 Å². The van der Waals surface area contributed by atoms with Crippen molar-refractivity contribution in [3.8, 4) is 11.3 Å². The van der Waals surface area contributed by atoms with Gasteiger partial charge < -0.3 is 15.2 Å². The molecule has 2 N–H and O–H groups in total. The SMILES string of the molecule is CC(=O)Nc1ccc(NC(=O)c2cccc(-c3c(C)noc3C)n2)cc1. The summed E-state index contributed by atoms with van der Waals surface area (Å²) < 4.78 is 5.16. The van der Waals surface area contributed by atoms with Crippen LogP contribution in [-0.4, -0.2) is 22.0 Å². The maximum atomic E-state index is 12.5. The molecule has 0 saturated carbocycles. The molecule has 3 aromatic rings. The minimum absolute atomic E-state index is 0.151. The summed E-state index contributed by atoms with van der Waals surface area (Å²) in [5, 5.41) is 9.38. The topological polar surface area (TPSA) is 97.1 Å². The van der Waals surface area contributed by atoms with Crippen LogP contribution in [0.5, 0.6) is 0 Å². The van der Waals surface area contributed by atoms with Gasteiger partial charge in [0.1, 0.15) is 11.5 Å². The normalized spacial score (nSPS) is 10.4. The number of hydrogen-bond acceptors (Lipinski definition) is 5. The largest absolute Gasteiger partial charge is 0.361 e. The fourth-order valence-corrected chi connectivity index (χ4v) is 2.58. The first-order valence-corrected chi connectivity index (χ1v) is 8.03. The molecule has 7 nitrogen and oxygen atoms in total. The molecule has 2 aromatic heterocycles. The van der Waals surface area contributed by atoms with Crippen molar-refractivity contribution in [2.24, 2.45) is 0 Å². The average molecular weight is 350 g/mol. The number of carbonyl (C=O) groups excluding carboxylic acids is 2.